The van der Waals surface area contributed by atoms with E-state index in [0.29, 0.717) is 0 Å². The molecule has 0 bridgehead atoms. The molecule has 6 heteroatoms. The third kappa shape index (κ3) is 4.56. The van der Waals surface area contributed by atoms with Gasteiger partial charge < -0.3 is 15.9 Å². The van der Waals surface area contributed by atoms with E-state index < -0.39 is 24.7 Å². The first-order valence-corrected chi connectivity index (χ1v) is 3.95. The number of carboxylic acid groups (broad SMARTS) is 2. The Morgan fingerprint density at radius 2 is 2.00 bits per heavy atom. The van der Waals surface area contributed by atoms with E-state index in [1.807, 2.05) is 0 Å². The van der Waals surface area contributed by atoms with Crippen LogP contribution in [0, 0.1) is 0 Å². The van der Waals surface area contributed by atoms with Crippen LogP contribution in [0.4, 0.5) is 4.39 Å². The molecule has 80 valence electrons. The van der Waals surface area contributed by atoms with Crippen molar-refractivity contribution in [2.24, 2.45) is 5.73 Å². The van der Waals surface area contributed by atoms with Crippen molar-refractivity contribution < 1.29 is 24.2 Å². The minimum Gasteiger partial charge on any atom is -0.480 e. The molecule has 1 atom stereocenters. The maximum Gasteiger partial charge on any atom is 0.331 e. The van der Waals surface area contributed by atoms with Gasteiger partial charge in [-0.25, -0.2) is 4.79 Å². The van der Waals surface area contributed by atoms with Crippen molar-refractivity contribution in [3.05, 3.63) is 11.6 Å². The van der Waals surface area contributed by atoms with Gasteiger partial charge in [-0.1, -0.05) is 6.08 Å². The molecule has 0 fully saturated rings. The van der Waals surface area contributed by atoms with Crippen molar-refractivity contribution in [2.75, 3.05) is 6.67 Å². The summed E-state index contributed by atoms with van der Waals surface area (Å²) in [6, 6.07) is -1.27. The van der Waals surface area contributed by atoms with Crippen molar-refractivity contribution in [1.29, 1.82) is 0 Å². The average Bonchev–Trinajstić information content (AvgIpc) is 2.10. The van der Waals surface area contributed by atoms with Crippen LogP contribution in [0.15, 0.2) is 11.6 Å². The highest BCUT2D eigenvalue weighted by Crippen LogP contribution is 2.06. The molecule has 0 aliphatic rings. The van der Waals surface area contributed by atoms with Gasteiger partial charge in [-0.3, -0.25) is 9.18 Å². The number of allylic oxidation sites excluding steroid dienone is 1. The zero-order chi connectivity index (χ0) is 11.1. The van der Waals surface area contributed by atoms with Gasteiger partial charge in [-0.15, -0.1) is 0 Å². The fraction of sp³-hybridized carbons (Fsp3) is 0.500. The highest BCUT2D eigenvalue weighted by molar-refractivity contribution is 5.88. The standard InChI is InChI=1S/C8H12FNO4/c9-3-1-2-5(7(11)12)4-6(10)8(13)14/h2,6H,1,3-4,10H2,(H,11,12)(H,13,14)/b5-2-/t6-/m1/s1. The number of hydrogen-bond acceptors (Lipinski definition) is 3. The molecule has 0 rings (SSSR count). The Morgan fingerprint density at radius 3 is 2.36 bits per heavy atom. The van der Waals surface area contributed by atoms with Gasteiger partial charge in [0, 0.05) is 12.0 Å². The van der Waals surface area contributed by atoms with Crippen molar-refractivity contribution in [3.8, 4) is 0 Å². The van der Waals surface area contributed by atoms with Gasteiger partial charge >= 0.3 is 11.9 Å². The first kappa shape index (κ1) is 12.6. The monoisotopic (exact) mass is 205 g/mol. The van der Waals surface area contributed by atoms with E-state index in [1.165, 1.54) is 0 Å². The van der Waals surface area contributed by atoms with Gasteiger partial charge in [0.2, 0.25) is 0 Å². The second-order valence-corrected chi connectivity index (χ2v) is 2.66. The Hall–Kier alpha value is -1.43. The van der Waals surface area contributed by atoms with E-state index in [-0.39, 0.29) is 18.4 Å². The molecule has 0 aromatic carbocycles. The van der Waals surface area contributed by atoms with Gasteiger partial charge in [0.15, 0.2) is 0 Å². The number of carbonyl (C=O) groups is 2. The summed E-state index contributed by atoms with van der Waals surface area (Å²) >= 11 is 0. The van der Waals surface area contributed by atoms with Gasteiger partial charge in [0.25, 0.3) is 0 Å². The summed E-state index contributed by atoms with van der Waals surface area (Å²) in [5.41, 5.74) is 4.96. The normalized spacial score (nSPS) is 13.7. The van der Waals surface area contributed by atoms with Gasteiger partial charge in [0.1, 0.15) is 6.04 Å². The molecule has 4 N–H and O–H groups in total. The van der Waals surface area contributed by atoms with Crippen LogP contribution in [0.25, 0.3) is 0 Å². The molecule has 5 nitrogen and oxygen atoms in total. The van der Waals surface area contributed by atoms with Crippen LogP contribution in [0.5, 0.6) is 0 Å². The number of rotatable bonds is 6. The molecule has 0 aromatic rings. The molecule has 14 heavy (non-hydrogen) atoms. The van der Waals surface area contributed by atoms with Crippen LogP contribution in [-0.4, -0.2) is 34.9 Å². The molecular formula is C8H12FNO4. The van der Waals surface area contributed by atoms with Crippen molar-refractivity contribution in [2.45, 2.75) is 18.9 Å². The molecule has 0 heterocycles. The molecule has 0 aromatic heterocycles. The molecule has 0 unspecified atom stereocenters. The minimum absolute atomic E-state index is 0.0476. The summed E-state index contributed by atoms with van der Waals surface area (Å²) in [5.74, 6) is -2.55. The highest BCUT2D eigenvalue weighted by atomic mass is 19.1. The Kier molecular flexibility index (Phi) is 5.47. The quantitative estimate of drug-likeness (QED) is 0.536. The second kappa shape index (κ2) is 6.09. The van der Waals surface area contributed by atoms with Crippen LogP contribution in [0.3, 0.4) is 0 Å². The van der Waals surface area contributed by atoms with Gasteiger partial charge in [-0.05, 0) is 6.42 Å². The Morgan fingerprint density at radius 1 is 1.43 bits per heavy atom. The summed E-state index contributed by atoms with van der Waals surface area (Å²) in [6.45, 7) is -0.681. The van der Waals surface area contributed by atoms with Crippen LogP contribution in [-0.2, 0) is 9.59 Å². The lowest BCUT2D eigenvalue weighted by Crippen LogP contribution is -2.31. The maximum atomic E-state index is 11.7. The summed E-state index contributed by atoms with van der Waals surface area (Å²) in [7, 11) is 0. The molecule has 0 aliphatic heterocycles. The second-order valence-electron chi connectivity index (χ2n) is 2.66. The fourth-order valence-electron chi connectivity index (χ4n) is 0.811. The number of carboxylic acids is 2. The smallest absolute Gasteiger partial charge is 0.331 e. The SMILES string of the molecule is N[C@H](C/C(=C/CCF)C(=O)O)C(=O)O. The zero-order valence-electron chi connectivity index (χ0n) is 7.44. The molecule has 0 saturated heterocycles. The first-order valence-electron chi connectivity index (χ1n) is 3.95. The largest absolute Gasteiger partial charge is 0.480 e. The zero-order valence-corrected chi connectivity index (χ0v) is 7.44. The number of aliphatic carboxylic acids is 2. The summed E-state index contributed by atoms with van der Waals surface area (Å²) in [6.07, 6.45) is 0.795. The van der Waals surface area contributed by atoms with E-state index in [1.54, 1.807) is 0 Å². The van der Waals surface area contributed by atoms with Crippen molar-refractivity contribution in [3.63, 3.8) is 0 Å². The summed E-state index contributed by atoms with van der Waals surface area (Å²) in [5, 5.41) is 17.0. The Bertz CT molecular complexity index is 252. The highest BCUT2D eigenvalue weighted by Gasteiger charge is 2.17. The van der Waals surface area contributed by atoms with Crippen LogP contribution >= 0.6 is 0 Å². The van der Waals surface area contributed by atoms with Gasteiger partial charge in [0.05, 0.1) is 6.67 Å². The topological polar surface area (TPSA) is 101 Å². The van der Waals surface area contributed by atoms with Crippen molar-refractivity contribution in [1.82, 2.24) is 0 Å². The van der Waals surface area contributed by atoms with Gasteiger partial charge in [-0.2, -0.15) is 0 Å². The fourth-order valence-corrected chi connectivity index (χ4v) is 0.811. The van der Waals surface area contributed by atoms with E-state index in [9.17, 15) is 14.0 Å². The predicted octanol–water partition coefficient (Wildman–Crippen LogP) is 0.159. The molecule has 0 saturated carbocycles. The van der Waals surface area contributed by atoms with E-state index >= 15 is 0 Å². The minimum atomic E-state index is -1.28. The molecule has 0 aliphatic carbocycles. The average molecular weight is 205 g/mol. The molecule has 0 spiro atoms. The molecular weight excluding hydrogens is 193 g/mol. The lowest BCUT2D eigenvalue weighted by atomic mass is 10.1. The molecule has 0 amide bonds. The van der Waals surface area contributed by atoms with E-state index in [0.717, 1.165) is 6.08 Å². The van der Waals surface area contributed by atoms with E-state index in [4.69, 9.17) is 15.9 Å². The third-order valence-electron chi connectivity index (χ3n) is 1.53. The number of nitrogens with two attached hydrogens (primary N) is 1. The number of hydrogen-bond donors (Lipinski definition) is 3. The lowest BCUT2D eigenvalue weighted by Gasteiger charge is -2.06. The Labute approximate surface area is 80.0 Å². The molecule has 0 radical (unpaired) electrons. The number of alkyl halides is 1. The Balaban J connectivity index is 4.38. The number of halogens is 1. The third-order valence-corrected chi connectivity index (χ3v) is 1.53. The predicted molar refractivity (Wildman–Crippen MR) is 46.5 cm³/mol. The van der Waals surface area contributed by atoms with Crippen LogP contribution < -0.4 is 5.73 Å². The summed E-state index contributed by atoms with van der Waals surface area (Å²) < 4.78 is 11.7. The lowest BCUT2D eigenvalue weighted by molar-refractivity contribution is -0.138. The summed E-state index contributed by atoms with van der Waals surface area (Å²) in [4.78, 5) is 20.8. The van der Waals surface area contributed by atoms with Crippen LogP contribution in [0.2, 0.25) is 0 Å². The van der Waals surface area contributed by atoms with Crippen LogP contribution in [0.1, 0.15) is 12.8 Å². The maximum absolute atomic E-state index is 11.7. The van der Waals surface area contributed by atoms with Crippen molar-refractivity contribution >= 4 is 11.9 Å². The first-order chi connectivity index (χ1) is 6.49. The van der Waals surface area contributed by atoms with E-state index in [2.05, 4.69) is 0 Å².